The zero-order valence-corrected chi connectivity index (χ0v) is 19.6. The Morgan fingerprint density at radius 3 is 2.63 bits per heavy atom. The first-order valence-corrected chi connectivity index (χ1v) is 13.1. The molecule has 168 valence electrons. The van der Waals surface area contributed by atoms with Crippen LogP contribution in [0.2, 0.25) is 0 Å². The second-order valence-corrected chi connectivity index (χ2v) is 12.9. The Hall–Kier alpha value is -0.540. The second kappa shape index (κ2) is 6.50. The minimum atomic E-state index is -0.0397. The van der Waals surface area contributed by atoms with Crippen LogP contribution in [-0.2, 0) is 4.74 Å². The molecule has 2 heterocycles. The minimum Gasteiger partial charge on any atom is -0.513 e. The lowest BCUT2D eigenvalue weighted by atomic mass is 9.45. The number of hydrogen-bond acceptors (Lipinski definition) is 3. The van der Waals surface area contributed by atoms with Gasteiger partial charge in [-0.3, -0.25) is 5.32 Å². The lowest BCUT2D eigenvalue weighted by Gasteiger charge is -2.60. The van der Waals surface area contributed by atoms with E-state index in [4.69, 9.17) is 4.74 Å². The summed E-state index contributed by atoms with van der Waals surface area (Å²) in [5.74, 6) is 6.05. The Bertz CT molecular complexity index is 739. The highest BCUT2D eigenvalue weighted by Gasteiger charge is 2.68. The molecule has 3 nitrogen and oxygen atoms in total. The summed E-state index contributed by atoms with van der Waals surface area (Å²) in [5.41, 5.74) is 0.820. The maximum Gasteiger partial charge on any atom is 0.122 e. The van der Waals surface area contributed by atoms with Gasteiger partial charge in [0, 0.05) is 18.9 Å². The van der Waals surface area contributed by atoms with Crippen LogP contribution in [0.4, 0.5) is 0 Å². The smallest absolute Gasteiger partial charge is 0.122 e. The van der Waals surface area contributed by atoms with Crippen LogP contribution in [0.5, 0.6) is 0 Å². The van der Waals surface area contributed by atoms with Gasteiger partial charge >= 0.3 is 0 Å². The van der Waals surface area contributed by atoms with Crippen molar-refractivity contribution in [1.82, 2.24) is 5.32 Å². The van der Waals surface area contributed by atoms with E-state index >= 15 is 0 Å². The van der Waals surface area contributed by atoms with E-state index in [-0.39, 0.29) is 5.72 Å². The van der Waals surface area contributed by atoms with Crippen LogP contribution >= 0.6 is 0 Å². The molecule has 3 heteroatoms. The molecular weight excluding hydrogens is 370 g/mol. The number of aliphatic hydroxyl groups excluding tert-OH is 1. The molecule has 30 heavy (non-hydrogen) atoms. The van der Waals surface area contributed by atoms with E-state index in [1.54, 1.807) is 0 Å². The van der Waals surface area contributed by atoms with Crippen LogP contribution < -0.4 is 5.32 Å². The molecule has 1 spiro atoms. The lowest BCUT2D eigenvalue weighted by Crippen LogP contribution is -2.57. The van der Waals surface area contributed by atoms with Gasteiger partial charge in [0.15, 0.2) is 0 Å². The molecule has 11 atom stereocenters. The molecule has 3 saturated carbocycles. The molecule has 0 aromatic heterocycles. The van der Waals surface area contributed by atoms with Gasteiger partial charge in [0.2, 0.25) is 0 Å². The fraction of sp³-hybridized carbons (Fsp3) is 0.926. The highest BCUT2D eigenvalue weighted by molar-refractivity contribution is 5.18. The molecule has 5 fully saturated rings. The van der Waals surface area contributed by atoms with Crippen molar-refractivity contribution in [1.29, 1.82) is 0 Å². The van der Waals surface area contributed by atoms with Gasteiger partial charge in [-0.25, -0.2) is 0 Å². The molecule has 6 rings (SSSR count). The molecule has 11 unspecified atom stereocenters. The van der Waals surface area contributed by atoms with Gasteiger partial charge < -0.3 is 9.84 Å². The predicted molar refractivity (Wildman–Crippen MR) is 120 cm³/mol. The first kappa shape index (κ1) is 20.1. The van der Waals surface area contributed by atoms with E-state index in [2.05, 4.69) is 39.1 Å². The first-order chi connectivity index (χ1) is 14.3. The fourth-order valence-corrected chi connectivity index (χ4v) is 10.1. The molecule has 0 aromatic carbocycles. The Morgan fingerprint density at radius 2 is 1.87 bits per heavy atom. The van der Waals surface area contributed by atoms with Crippen LogP contribution in [0.25, 0.3) is 0 Å². The SMILES string of the molecule is CC1CCC2(NC1)OC1CC3C4CCC5CC(O)=CCC5(C)C4CCC3(C)C1C2C. The minimum absolute atomic E-state index is 0.0397. The Labute approximate surface area is 183 Å². The molecular formula is C27H43NO2. The Balaban J connectivity index is 1.27. The van der Waals surface area contributed by atoms with Gasteiger partial charge in [0.05, 0.1) is 11.9 Å². The van der Waals surface area contributed by atoms with Crippen molar-refractivity contribution < 1.29 is 9.84 Å². The number of hydrogen-bond donors (Lipinski definition) is 2. The highest BCUT2D eigenvalue weighted by Crippen LogP contribution is 2.70. The number of nitrogens with one attached hydrogen (secondary N) is 1. The Kier molecular flexibility index (Phi) is 4.35. The molecule has 4 aliphatic carbocycles. The van der Waals surface area contributed by atoms with Crippen molar-refractivity contribution in [2.24, 2.45) is 52.3 Å². The molecule has 2 saturated heterocycles. The van der Waals surface area contributed by atoms with Gasteiger partial charge in [-0.15, -0.1) is 0 Å². The largest absolute Gasteiger partial charge is 0.513 e. The fourth-order valence-electron chi connectivity index (χ4n) is 10.1. The molecule has 2 aliphatic heterocycles. The van der Waals surface area contributed by atoms with E-state index in [0.29, 0.717) is 34.5 Å². The normalized spacial score (nSPS) is 59.8. The molecule has 0 amide bonds. The number of fused-ring (bicyclic) bond motifs is 7. The standard InChI is InChI=1S/C27H43NO2/c1-16-7-12-27(28-15-16)17(2)24-23(30-27)14-22-20-6-5-18-13-19(29)8-10-25(18,3)21(20)9-11-26(22,24)4/h8,16-18,20-24,28-29H,5-7,9-15H2,1-4H3. The second-order valence-electron chi connectivity index (χ2n) is 12.9. The van der Waals surface area contributed by atoms with Gasteiger partial charge in [-0.05, 0) is 104 Å². The summed E-state index contributed by atoms with van der Waals surface area (Å²) in [6, 6.07) is 0. The van der Waals surface area contributed by atoms with Crippen LogP contribution in [0.3, 0.4) is 0 Å². The third kappa shape index (κ3) is 2.51. The van der Waals surface area contributed by atoms with E-state index in [1.807, 2.05) is 0 Å². The average molecular weight is 414 g/mol. The quantitative estimate of drug-likeness (QED) is 0.507. The van der Waals surface area contributed by atoms with Crippen molar-refractivity contribution in [2.45, 2.75) is 97.3 Å². The van der Waals surface area contributed by atoms with Crippen molar-refractivity contribution >= 4 is 0 Å². The summed E-state index contributed by atoms with van der Waals surface area (Å²) in [6.45, 7) is 11.2. The van der Waals surface area contributed by atoms with E-state index in [1.165, 1.54) is 44.9 Å². The monoisotopic (exact) mass is 413 g/mol. The number of rotatable bonds is 0. The Morgan fingerprint density at radius 1 is 1.03 bits per heavy atom. The third-order valence-corrected chi connectivity index (χ3v) is 11.8. The van der Waals surface area contributed by atoms with Crippen LogP contribution in [0.1, 0.15) is 85.5 Å². The molecule has 0 radical (unpaired) electrons. The first-order valence-electron chi connectivity index (χ1n) is 13.1. The lowest BCUT2D eigenvalue weighted by molar-refractivity contribution is -0.127. The van der Waals surface area contributed by atoms with Crippen molar-refractivity contribution in [3.05, 3.63) is 11.8 Å². The average Bonchev–Trinajstić information content (AvgIpc) is 3.16. The van der Waals surface area contributed by atoms with E-state index in [9.17, 15) is 5.11 Å². The van der Waals surface area contributed by atoms with Crippen molar-refractivity contribution in [3.63, 3.8) is 0 Å². The summed E-state index contributed by atoms with van der Waals surface area (Å²) < 4.78 is 7.00. The van der Waals surface area contributed by atoms with Crippen molar-refractivity contribution in [3.8, 4) is 0 Å². The summed E-state index contributed by atoms with van der Waals surface area (Å²) >= 11 is 0. The van der Waals surface area contributed by atoms with Gasteiger partial charge in [0.25, 0.3) is 0 Å². The van der Waals surface area contributed by atoms with Gasteiger partial charge in [-0.1, -0.05) is 27.7 Å². The topological polar surface area (TPSA) is 41.5 Å². The molecule has 0 bridgehead atoms. The zero-order valence-electron chi connectivity index (χ0n) is 19.6. The summed E-state index contributed by atoms with van der Waals surface area (Å²) in [5, 5.41) is 14.1. The third-order valence-electron chi connectivity index (χ3n) is 11.8. The zero-order chi connectivity index (χ0) is 20.9. The summed E-state index contributed by atoms with van der Waals surface area (Å²) in [6.07, 6.45) is 13.9. The van der Waals surface area contributed by atoms with Gasteiger partial charge in [-0.2, -0.15) is 0 Å². The molecule has 2 N–H and O–H groups in total. The molecule has 6 aliphatic rings. The van der Waals surface area contributed by atoms with Crippen LogP contribution in [-0.4, -0.2) is 23.5 Å². The number of aliphatic hydroxyl groups is 1. The van der Waals surface area contributed by atoms with Crippen LogP contribution in [0.15, 0.2) is 11.8 Å². The summed E-state index contributed by atoms with van der Waals surface area (Å²) in [4.78, 5) is 0. The number of ether oxygens (including phenoxy) is 1. The summed E-state index contributed by atoms with van der Waals surface area (Å²) in [7, 11) is 0. The predicted octanol–water partition coefficient (Wildman–Crippen LogP) is 6.06. The maximum atomic E-state index is 10.2. The number of piperidine rings is 1. The molecule has 0 aromatic rings. The van der Waals surface area contributed by atoms with Gasteiger partial charge in [0.1, 0.15) is 5.72 Å². The maximum absolute atomic E-state index is 10.2. The highest BCUT2D eigenvalue weighted by atomic mass is 16.5. The van der Waals surface area contributed by atoms with E-state index < -0.39 is 0 Å². The van der Waals surface area contributed by atoms with Crippen molar-refractivity contribution in [2.75, 3.05) is 6.54 Å². The van der Waals surface area contributed by atoms with E-state index in [0.717, 1.165) is 49.0 Å². The number of allylic oxidation sites excluding steroid dienone is 2. The van der Waals surface area contributed by atoms with Crippen LogP contribution in [0, 0.1) is 52.3 Å².